The Morgan fingerprint density at radius 1 is 0.970 bits per heavy atom. The molecule has 33 heavy (non-hydrogen) atoms. The van der Waals surface area contributed by atoms with Crippen LogP contribution >= 0.6 is 23.4 Å². The lowest BCUT2D eigenvalue weighted by Crippen LogP contribution is -2.14. The van der Waals surface area contributed by atoms with Crippen LogP contribution in [0, 0.1) is 11.3 Å². The summed E-state index contributed by atoms with van der Waals surface area (Å²) in [5.74, 6) is 0.805. The van der Waals surface area contributed by atoms with E-state index in [1.807, 2.05) is 71.3 Å². The maximum atomic E-state index is 12.5. The number of carbonyl (C=O) groups is 1. The Hall–Kier alpha value is -3.60. The van der Waals surface area contributed by atoms with Crippen molar-refractivity contribution >= 4 is 35.0 Å². The number of hydrogen-bond donors (Lipinski definition) is 1. The molecule has 0 spiro atoms. The fourth-order valence-corrected chi connectivity index (χ4v) is 4.16. The van der Waals surface area contributed by atoms with E-state index < -0.39 is 0 Å². The summed E-state index contributed by atoms with van der Waals surface area (Å²) in [6, 6.07) is 26.9. The van der Waals surface area contributed by atoms with Crippen LogP contribution in [0.25, 0.3) is 5.69 Å². The summed E-state index contributed by atoms with van der Waals surface area (Å²) in [6.07, 6.45) is 0.952. The first-order chi connectivity index (χ1) is 16.1. The molecule has 8 heteroatoms. The van der Waals surface area contributed by atoms with Gasteiger partial charge in [-0.1, -0.05) is 65.8 Å². The molecule has 0 aliphatic heterocycles. The van der Waals surface area contributed by atoms with Crippen molar-refractivity contribution in [3.8, 4) is 11.8 Å². The summed E-state index contributed by atoms with van der Waals surface area (Å²) in [7, 11) is 0. The number of rotatable bonds is 8. The number of hydrogen-bond acceptors (Lipinski definition) is 5. The average molecular weight is 474 g/mol. The fraction of sp³-hybridized carbons (Fsp3) is 0.120. The molecule has 164 valence electrons. The molecule has 4 aromatic rings. The molecular formula is C25H20ClN5OS. The number of thioether (sulfide) groups is 1. The van der Waals surface area contributed by atoms with Gasteiger partial charge in [0.2, 0.25) is 5.91 Å². The second kappa shape index (κ2) is 10.8. The topological polar surface area (TPSA) is 83.6 Å². The molecule has 0 bridgehead atoms. The first-order valence-electron chi connectivity index (χ1n) is 10.2. The van der Waals surface area contributed by atoms with E-state index >= 15 is 0 Å². The molecule has 0 radical (unpaired) electrons. The highest BCUT2D eigenvalue weighted by Crippen LogP contribution is 2.25. The molecule has 0 unspecified atom stereocenters. The maximum absolute atomic E-state index is 12.5. The van der Waals surface area contributed by atoms with Crippen LogP contribution in [0.2, 0.25) is 5.02 Å². The van der Waals surface area contributed by atoms with Crippen LogP contribution in [0.4, 0.5) is 5.69 Å². The number of anilines is 1. The Labute approximate surface area is 201 Å². The number of aromatic nitrogens is 3. The van der Waals surface area contributed by atoms with Crippen molar-refractivity contribution < 1.29 is 4.79 Å². The second-order valence-corrected chi connectivity index (χ2v) is 8.62. The van der Waals surface area contributed by atoms with E-state index in [0.717, 1.165) is 22.6 Å². The number of amides is 1. The molecule has 0 atom stereocenters. The van der Waals surface area contributed by atoms with Crippen LogP contribution in [0.1, 0.15) is 17.0 Å². The van der Waals surface area contributed by atoms with E-state index in [0.29, 0.717) is 28.7 Å². The highest BCUT2D eigenvalue weighted by Gasteiger charge is 2.16. The maximum Gasteiger partial charge on any atom is 0.234 e. The molecule has 0 aliphatic rings. The van der Waals surface area contributed by atoms with Gasteiger partial charge in [-0.25, -0.2) is 0 Å². The molecule has 0 saturated heterocycles. The van der Waals surface area contributed by atoms with Gasteiger partial charge in [-0.15, -0.1) is 10.2 Å². The summed E-state index contributed by atoms with van der Waals surface area (Å²) < 4.78 is 1.96. The molecule has 1 N–H and O–H groups in total. The summed E-state index contributed by atoms with van der Waals surface area (Å²) >= 11 is 7.39. The zero-order valence-electron chi connectivity index (χ0n) is 17.6. The van der Waals surface area contributed by atoms with Gasteiger partial charge in [-0.2, -0.15) is 5.26 Å². The largest absolute Gasteiger partial charge is 0.325 e. The van der Waals surface area contributed by atoms with Gasteiger partial charge < -0.3 is 5.32 Å². The fourth-order valence-electron chi connectivity index (χ4n) is 3.26. The highest BCUT2D eigenvalue weighted by molar-refractivity contribution is 7.99. The van der Waals surface area contributed by atoms with Gasteiger partial charge in [0.25, 0.3) is 0 Å². The number of benzene rings is 3. The summed E-state index contributed by atoms with van der Waals surface area (Å²) in [4.78, 5) is 12.5. The number of nitrogens with one attached hydrogen (secondary N) is 1. The van der Waals surface area contributed by atoms with Crippen molar-refractivity contribution in [2.45, 2.75) is 18.0 Å². The van der Waals surface area contributed by atoms with Crippen molar-refractivity contribution in [1.82, 2.24) is 14.8 Å². The van der Waals surface area contributed by atoms with E-state index in [4.69, 9.17) is 16.9 Å². The smallest absolute Gasteiger partial charge is 0.234 e. The van der Waals surface area contributed by atoms with Crippen molar-refractivity contribution in [1.29, 1.82) is 5.26 Å². The molecule has 1 aromatic heterocycles. The van der Waals surface area contributed by atoms with Crippen LogP contribution in [0.5, 0.6) is 0 Å². The SMILES string of the molecule is N#CCc1ccc(NC(=O)CSc2nnc(Cc3ccccc3)n2-c2ccc(Cl)cc2)cc1. The summed E-state index contributed by atoms with van der Waals surface area (Å²) in [6.45, 7) is 0. The Bertz CT molecular complexity index is 1270. The third-order valence-electron chi connectivity index (χ3n) is 4.84. The number of halogens is 1. The Balaban J connectivity index is 1.50. The molecule has 1 heterocycles. The second-order valence-electron chi connectivity index (χ2n) is 7.24. The summed E-state index contributed by atoms with van der Waals surface area (Å²) in [5, 5.41) is 21.7. The lowest BCUT2D eigenvalue weighted by Gasteiger charge is -2.11. The predicted octanol–water partition coefficient (Wildman–Crippen LogP) is 5.31. The zero-order chi connectivity index (χ0) is 23.0. The molecule has 1 amide bonds. The van der Waals surface area contributed by atoms with Crippen LogP contribution in [-0.2, 0) is 17.6 Å². The Kier molecular flexibility index (Phi) is 7.40. The molecule has 0 aliphatic carbocycles. The van der Waals surface area contributed by atoms with E-state index in [1.165, 1.54) is 11.8 Å². The van der Waals surface area contributed by atoms with Crippen LogP contribution in [0.3, 0.4) is 0 Å². The third kappa shape index (κ3) is 6.01. The van der Waals surface area contributed by atoms with E-state index in [9.17, 15) is 4.79 Å². The zero-order valence-corrected chi connectivity index (χ0v) is 19.2. The minimum atomic E-state index is -0.150. The van der Waals surface area contributed by atoms with Gasteiger partial charge in [0, 0.05) is 22.8 Å². The van der Waals surface area contributed by atoms with Gasteiger partial charge in [0.1, 0.15) is 5.82 Å². The third-order valence-corrected chi connectivity index (χ3v) is 6.02. The van der Waals surface area contributed by atoms with Gasteiger partial charge >= 0.3 is 0 Å². The number of nitrogens with zero attached hydrogens (tertiary/aromatic N) is 4. The van der Waals surface area contributed by atoms with Gasteiger partial charge in [-0.3, -0.25) is 9.36 Å². The van der Waals surface area contributed by atoms with Crippen molar-refractivity contribution in [2.75, 3.05) is 11.1 Å². The molecule has 0 saturated carbocycles. The van der Waals surface area contributed by atoms with Crippen LogP contribution in [0.15, 0.2) is 84.0 Å². The van der Waals surface area contributed by atoms with Crippen molar-refractivity contribution in [3.05, 3.63) is 101 Å². The first kappa shape index (κ1) is 22.6. The van der Waals surface area contributed by atoms with Crippen molar-refractivity contribution in [3.63, 3.8) is 0 Å². The lowest BCUT2D eigenvalue weighted by molar-refractivity contribution is -0.113. The van der Waals surface area contributed by atoms with E-state index in [-0.39, 0.29) is 11.7 Å². The van der Waals surface area contributed by atoms with E-state index in [2.05, 4.69) is 21.6 Å². The van der Waals surface area contributed by atoms with Crippen molar-refractivity contribution in [2.24, 2.45) is 0 Å². The lowest BCUT2D eigenvalue weighted by atomic mass is 10.1. The highest BCUT2D eigenvalue weighted by atomic mass is 35.5. The standard InChI is InChI=1S/C25H20ClN5OS/c26-20-8-12-22(13-9-20)31-23(16-19-4-2-1-3-5-19)29-30-25(31)33-17-24(32)28-21-10-6-18(7-11-21)14-15-27/h1-13H,14,16-17H2,(H,28,32). The van der Waals surface area contributed by atoms with Crippen LogP contribution in [-0.4, -0.2) is 26.4 Å². The van der Waals surface area contributed by atoms with Gasteiger partial charge in [0.05, 0.1) is 18.2 Å². The average Bonchev–Trinajstić information content (AvgIpc) is 3.22. The first-order valence-corrected chi connectivity index (χ1v) is 11.6. The normalized spacial score (nSPS) is 10.5. The molecule has 0 fully saturated rings. The number of nitriles is 1. The minimum absolute atomic E-state index is 0.150. The van der Waals surface area contributed by atoms with Gasteiger partial charge in [0.15, 0.2) is 5.16 Å². The quantitative estimate of drug-likeness (QED) is 0.351. The predicted molar refractivity (Wildman–Crippen MR) is 131 cm³/mol. The monoisotopic (exact) mass is 473 g/mol. The molecule has 3 aromatic carbocycles. The summed E-state index contributed by atoms with van der Waals surface area (Å²) in [5.41, 5.74) is 3.60. The van der Waals surface area contributed by atoms with E-state index in [1.54, 1.807) is 12.1 Å². The Morgan fingerprint density at radius 2 is 1.70 bits per heavy atom. The minimum Gasteiger partial charge on any atom is -0.325 e. The molecular weight excluding hydrogens is 454 g/mol. The molecule has 6 nitrogen and oxygen atoms in total. The van der Waals surface area contributed by atoms with Crippen LogP contribution < -0.4 is 5.32 Å². The number of carbonyl (C=O) groups excluding carboxylic acids is 1. The Morgan fingerprint density at radius 3 is 2.39 bits per heavy atom. The molecule has 4 rings (SSSR count). The van der Waals surface area contributed by atoms with Gasteiger partial charge in [-0.05, 0) is 47.5 Å².